The molecule has 0 aliphatic heterocycles. The van der Waals surface area contributed by atoms with Crippen LogP contribution in [0.1, 0.15) is 49.3 Å². The summed E-state index contributed by atoms with van der Waals surface area (Å²) in [6, 6.07) is 12.6. The number of rotatable bonds is 6. The molecule has 0 spiro atoms. The van der Waals surface area contributed by atoms with Gasteiger partial charge in [0.05, 0.1) is 12.0 Å². The van der Waals surface area contributed by atoms with Gasteiger partial charge in [-0.25, -0.2) is 12.8 Å². The molecule has 3 atom stereocenters. The highest BCUT2D eigenvalue weighted by atomic mass is 32.2. The molecule has 0 heterocycles. The molecule has 0 aromatic heterocycles. The average molecular weight is 392 g/mol. The first kappa shape index (κ1) is 19.8. The van der Waals surface area contributed by atoms with E-state index in [0.29, 0.717) is 22.4 Å². The molecule has 2 aromatic rings. The second-order valence-corrected chi connectivity index (χ2v) is 9.32. The minimum Gasteiger partial charge on any atom is -0.494 e. The first-order valence-electron chi connectivity index (χ1n) is 9.18. The molecule has 1 aliphatic rings. The van der Waals surface area contributed by atoms with Gasteiger partial charge in [-0.3, -0.25) is 0 Å². The molecule has 3 rings (SSSR count). The van der Waals surface area contributed by atoms with Crippen LogP contribution in [-0.2, 0) is 9.84 Å². The quantitative estimate of drug-likeness (QED) is 0.801. The first-order chi connectivity index (χ1) is 12.8. The molecule has 2 aromatic carbocycles. The minimum atomic E-state index is -3.17. The summed E-state index contributed by atoms with van der Waals surface area (Å²) in [7, 11) is -1.70. The summed E-state index contributed by atoms with van der Waals surface area (Å²) in [6.07, 6.45) is 4.21. The number of hydrogen-bond acceptors (Lipinski definition) is 4. The van der Waals surface area contributed by atoms with Crippen LogP contribution in [-0.4, -0.2) is 27.8 Å². The van der Waals surface area contributed by atoms with E-state index in [4.69, 9.17) is 4.74 Å². The molecule has 1 unspecified atom stereocenters. The molecule has 6 heteroatoms. The van der Waals surface area contributed by atoms with Crippen molar-refractivity contribution in [2.24, 2.45) is 0 Å². The second-order valence-electron chi connectivity index (χ2n) is 7.30. The molecule has 1 N–H and O–H groups in total. The van der Waals surface area contributed by atoms with E-state index in [1.54, 1.807) is 30.3 Å². The molecule has 0 saturated heterocycles. The van der Waals surface area contributed by atoms with Crippen molar-refractivity contribution >= 4 is 9.84 Å². The lowest BCUT2D eigenvalue weighted by molar-refractivity contribution is 0.376. The summed E-state index contributed by atoms with van der Waals surface area (Å²) in [4.78, 5) is 0.348. The predicted octanol–water partition coefficient (Wildman–Crippen LogP) is 4.22. The normalized spacial score (nSPS) is 21.2. The van der Waals surface area contributed by atoms with Crippen LogP contribution in [0.3, 0.4) is 0 Å². The van der Waals surface area contributed by atoms with E-state index in [9.17, 15) is 12.8 Å². The zero-order valence-corrected chi connectivity index (χ0v) is 16.7. The Hall–Kier alpha value is -1.92. The summed E-state index contributed by atoms with van der Waals surface area (Å²) < 4.78 is 42.7. The van der Waals surface area contributed by atoms with Gasteiger partial charge in [0.1, 0.15) is 0 Å². The van der Waals surface area contributed by atoms with Gasteiger partial charge in [-0.1, -0.05) is 24.3 Å². The van der Waals surface area contributed by atoms with E-state index in [-0.39, 0.29) is 17.6 Å². The van der Waals surface area contributed by atoms with Gasteiger partial charge >= 0.3 is 0 Å². The minimum absolute atomic E-state index is 0.114. The van der Waals surface area contributed by atoms with Crippen LogP contribution in [0.25, 0.3) is 0 Å². The molecule has 1 saturated carbocycles. The highest BCUT2D eigenvalue weighted by Gasteiger charge is 2.28. The van der Waals surface area contributed by atoms with Gasteiger partial charge in [0.2, 0.25) is 0 Å². The number of ether oxygens (including phenoxy) is 1. The number of halogens is 1. The third kappa shape index (κ3) is 4.50. The van der Waals surface area contributed by atoms with Crippen molar-refractivity contribution in [3.8, 4) is 5.75 Å². The highest BCUT2D eigenvalue weighted by molar-refractivity contribution is 7.90. The van der Waals surface area contributed by atoms with Crippen LogP contribution in [0.5, 0.6) is 5.75 Å². The van der Waals surface area contributed by atoms with Crippen LogP contribution in [0, 0.1) is 5.82 Å². The van der Waals surface area contributed by atoms with Gasteiger partial charge in [-0.2, -0.15) is 0 Å². The van der Waals surface area contributed by atoms with Crippen LogP contribution in [0.2, 0.25) is 0 Å². The molecule has 27 heavy (non-hydrogen) atoms. The standard InChI is InChI=1S/C21H26FNO3S/c1-14(19-5-4-6-20(26-2)21(19)22)23-17-10-7-16(13-17)15-8-11-18(12-9-15)27(3,24)25/h4-6,8-9,11-12,14,16-17,23H,7,10,13H2,1-3H3/t14-,16+,17?/m1/s1. The fourth-order valence-electron chi connectivity index (χ4n) is 3.89. The smallest absolute Gasteiger partial charge is 0.175 e. The maximum atomic E-state index is 14.5. The Morgan fingerprint density at radius 1 is 1.15 bits per heavy atom. The van der Waals surface area contributed by atoms with Crippen LogP contribution in [0.15, 0.2) is 47.4 Å². The Balaban J connectivity index is 1.64. The van der Waals surface area contributed by atoms with E-state index in [2.05, 4.69) is 5.32 Å². The van der Waals surface area contributed by atoms with Crippen LogP contribution in [0.4, 0.5) is 4.39 Å². The third-order valence-electron chi connectivity index (χ3n) is 5.38. The average Bonchev–Trinajstić information content (AvgIpc) is 3.09. The van der Waals surface area contributed by atoms with E-state index in [1.807, 2.05) is 19.1 Å². The Morgan fingerprint density at radius 2 is 1.85 bits per heavy atom. The Morgan fingerprint density at radius 3 is 2.48 bits per heavy atom. The Kier molecular flexibility index (Phi) is 5.86. The maximum absolute atomic E-state index is 14.5. The molecule has 1 fully saturated rings. The van der Waals surface area contributed by atoms with Crippen molar-refractivity contribution < 1.29 is 17.5 Å². The zero-order valence-electron chi connectivity index (χ0n) is 15.9. The number of sulfone groups is 1. The van der Waals surface area contributed by atoms with E-state index < -0.39 is 9.84 Å². The Labute approximate surface area is 160 Å². The fraction of sp³-hybridized carbons (Fsp3) is 0.429. The molecule has 0 radical (unpaired) electrons. The van der Waals surface area contributed by atoms with Crippen LogP contribution < -0.4 is 10.1 Å². The van der Waals surface area contributed by atoms with E-state index >= 15 is 0 Å². The Bertz CT molecular complexity index is 896. The van der Waals surface area contributed by atoms with Gasteiger partial charge in [0.15, 0.2) is 21.4 Å². The van der Waals surface area contributed by atoms with Crippen molar-refractivity contribution in [2.45, 2.75) is 49.1 Å². The molecule has 1 aliphatic carbocycles. The van der Waals surface area contributed by atoms with Crippen molar-refractivity contribution in [1.82, 2.24) is 5.32 Å². The number of hydrogen-bond donors (Lipinski definition) is 1. The molecular weight excluding hydrogens is 365 g/mol. The van der Waals surface area contributed by atoms with Crippen LogP contribution >= 0.6 is 0 Å². The molecule has 146 valence electrons. The lowest BCUT2D eigenvalue weighted by Crippen LogP contribution is -2.29. The monoisotopic (exact) mass is 391 g/mol. The molecule has 0 bridgehead atoms. The van der Waals surface area contributed by atoms with Gasteiger partial charge in [-0.05, 0) is 55.9 Å². The molecule has 4 nitrogen and oxygen atoms in total. The fourth-order valence-corrected chi connectivity index (χ4v) is 4.52. The van der Waals surface area contributed by atoms with E-state index in [0.717, 1.165) is 24.8 Å². The summed E-state index contributed by atoms with van der Waals surface area (Å²) in [5, 5.41) is 3.53. The number of nitrogens with one attached hydrogen (secondary N) is 1. The number of methoxy groups -OCH3 is 1. The largest absolute Gasteiger partial charge is 0.494 e. The second kappa shape index (κ2) is 7.98. The summed E-state index contributed by atoms with van der Waals surface area (Å²) in [5.74, 6) is 0.334. The lowest BCUT2D eigenvalue weighted by atomic mass is 9.97. The summed E-state index contributed by atoms with van der Waals surface area (Å²) in [6.45, 7) is 1.96. The maximum Gasteiger partial charge on any atom is 0.175 e. The van der Waals surface area contributed by atoms with Crippen molar-refractivity contribution in [3.05, 3.63) is 59.4 Å². The SMILES string of the molecule is COc1cccc([C@@H](C)NC2CC[C@H](c3ccc(S(C)(=O)=O)cc3)C2)c1F. The number of benzene rings is 2. The third-order valence-corrected chi connectivity index (χ3v) is 6.51. The zero-order chi connectivity index (χ0) is 19.6. The van der Waals surface area contributed by atoms with Crippen molar-refractivity contribution in [3.63, 3.8) is 0 Å². The van der Waals surface area contributed by atoms with E-state index in [1.165, 1.54) is 13.4 Å². The topological polar surface area (TPSA) is 55.4 Å². The molecular formula is C21H26FNO3S. The van der Waals surface area contributed by atoms with Gasteiger partial charge < -0.3 is 10.1 Å². The first-order valence-corrected chi connectivity index (χ1v) is 11.1. The summed E-state index contributed by atoms with van der Waals surface area (Å²) in [5.41, 5.74) is 1.77. The molecule has 0 amide bonds. The van der Waals surface area contributed by atoms with Crippen molar-refractivity contribution in [1.29, 1.82) is 0 Å². The summed E-state index contributed by atoms with van der Waals surface area (Å²) >= 11 is 0. The lowest BCUT2D eigenvalue weighted by Gasteiger charge is -2.21. The predicted molar refractivity (Wildman–Crippen MR) is 104 cm³/mol. The van der Waals surface area contributed by atoms with Crippen molar-refractivity contribution in [2.75, 3.05) is 13.4 Å². The van der Waals surface area contributed by atoms with Gasteiger partial charge in [-0.15, -0.1) is 0 Å². The van der Waals surface area contributed by atoms with Gasteiger partial charge in [0, 0.05) is 23.9 Å². The highest BCUT2D eigenvalue weighted by Crippen LogP contribution is 2.36. The van der Waals surface area contributed by atoms with Gasteiger partial charge in [0.25, 0.3) is 0 Å².